The van der Waals surface area contributed by atoms with Crippen LogP contribution in [-0.4, -0.2) is 43.8 Å². The van der Waals surface area contributed by atoms with Crippen molar-refractivity contribution in [2.24, 2.45) is 5.41 Å². The largest absolute Gasteiger partial charge is 0.504 e. The average molecular weight is 278 g/mol. The fourth-order valence-electron chi connectivity index (χ4n) is 2.68. The van der Waals surface area contributed by atoms with Crippen molar-refractivity contribution in [2.45, 2.75) is 26.3 Å². The molecular weight excluding hydrogens is 252 g/mol. The number of hydrogen-bond donors (Lipinski definition) is 2. The lowest BCUT2D eigenvalue weighted by Crippen LogP contribution is -2.41. The van der Waals surface area contributed by atoms with Crippen LogP contribution < -0.4 is 10.1 Å². The highest BCUT2D eigenvalue weighted by Gasteiger charge is 2.28. The van der Waals surface area contributed by atoms with Gasteiger partial charge in [-0.05, 0) is 56.1 Å². The van der Waals surface area contributed by atoms with Crippen molar-refractivity contribution in [1.82, 2.24) is 10.2 Å². The number of nitrogens with zero attached hydrogens (tertiary/aromatic N) is 1. The van der Waals surface area contributed by atoms with Crippen LogP contribution in [0, 0.1) is 5.41 Å². The lowest BCUT2D eigenvalue weighted by Gasteiger charge is -2.38. The van der Waals surface area contributed by atoms with Crippen LogP contribution in [0.4, 0.5) is 0 Å². The van der Waals surface area contributed by atoms with Gasteiger partial charge in [0.05, 0.1) is 7.11 Å². The fraction of sp³-hybridized carbons (Fsp3) is 0.625. The smallest absolute Gasteiger partial charge is 0.160 e. The van der Waals surface area contributed by atoms with Crippen LogP contribution in [0.15, 0.2) is 18.2 Å². The SMILES string of the molecule is COc1cc(CNCC2(C)CCN(C)CC2)ccc1O. The van der Waals surface area contributed by atoms with Gasteiger partial charge in [0, 0.05) is 13.1 Å². The van der Waals surface area contributed by atoms with Crippen LogP contribution in [0.5, 0.6) is 11.5 Å². The molecule has 1 aromatic rings. The van der Waals surface area contributed by atoms with E-state index in [0.29, 0.717) is 11.2 Å². The highest BCUT2D eigenvalue weighted by Crippen LogP contribution is 2.30. The van der Waals surface area contributed by atoms with Crippen LogP contribution in [0.1, 0.15) is 25.3 Å². The van der Waals surface area contributed by atoms with E-state index in [1.807, 2.05) is 12.1 Å². The predicted molar refractivity (Wildman–Crippen MR) is 81.2 cm³/mol. The molecule has 20 heavy (non-hydrogen) atoms. The van der Waals surface area contributed by atoms with Gasteiger partial charge >= 0.3 is 0 Å². The van der Waals surface area contributed by atoms with Crippen LogP contribution in [-0.2, 0) is 6.54 Å². The summed E-state index contributed by atoms with van der Waals surface area (Å²) in [5.41, 5.74) is 1.53. The maximum Gasteiger partial charge on any atom is 0.160 e. The lowest BCUT2D eigenvalue weighted by atomic mass is 9.80. The van der Waals surface area contributed by atoms with Crippen LogP contribution >= 0.6 is 0 Å². The minimum atomic E-state index is 0.193. The third-order valence-corrected chi connectivity index (χ3v) is 4.32. The van der Waals surface area contributed by atoms with E-state index in [0.717, 1.165) is 18.7 Å². The Balaban J connectivity index is 1.83. The summed E-state index contributed by atoms with van der Waals surface area (Å²) >= 11 is 0. The number of ether oxygens (including phenoxy) is 1. The molecule has 0 spiro atoms. The second-order valence-corrected chi connectivity index (χ2v) is 6.22. The van der Waals surface area contributed by atoms with E-state index in [1.165, 1.54) is 25.9 Å². The maximum absolute atomic E-state index is 9.58. The quantitative estimate of drug-likeness (QED) is 0.867. The van der Waals surface area contributed by atoms with Gasteiger partial charge in [-0.25, -0.2) is 0 Å². The van der Waals surface area contributed by atoms with Gasteiger partial charge in [-0.15, -0.1) is 0 Å². The number of hydrogen-bond acceptors (Lipinski definition) is 4. The van der Waals surface area contributed by atoms with Gasteiger partial charge in [0.1, 0.15) is 0 Å². The summed E-state index contributed by atoms with van der Waals surface area (Å²) in [4.78, 5) is 2.40. The first-order valence-corrected chi connectivity index (χ1v) is 7.28. The Bertz CT molecular complexity index is 440. The van der Waals surface area contributed by atoms with Crippen LogP contribution in [0.3, 0.4) is 0 Å². The Labute approximate surface area is 121 Å². The normalized spacial score (nSPS) is 18.9. The third-order valence-electron chi connectivity index (χ3n) is 4.32. The van der Waals surface area contributed by atoms with Crippen LogP contribution in [0.25, 0.3) is 0 Å². The molecule has 1 heterocycles. The average Bonchev–Trinajstić information content (AvgIpc) is 2.44. The van der Waals surface area contributed by atoms with Crippen LogP contribution in [0.2, 0.25) is 0 Å². The van der Waals surface area contributed by atoms with Crippen molar-refractivity contribution < 1.29 is 9.84 Å². The lowest BCUT2D eigenvalue weighted by molar-refractivity contribution is 0.137. The summed E-state index contributed by atoms with van der Waals surface area (Å²) in [6, 6.07) is 5.51. The molecule has 0 saturated carbocycles. The molecule has 4 heteroatoms. The molecule has 1 aromatic carbocycles. The number of piperidine rings is 1. The molecule has 1 fully saturated rings. The Kier molecular flexibility index (Phi) is 4.89. The molecule has 2 N–H and O–H groups in total. The van der Waals surface area contributed by atoms with Gasteiger partial charge in [0.25, 0.3) is 0 Å². The first-order chi connectivity index (χ1) is 9.52. The minimum absolute atomic E-state index is 0.193. The van der Waals surface area contributed by atoms with Crippen molar-refractivity contribution in [1.29, 1.82) is 0 Å². The second-order valence-electron chi connectivity index (χ2n) is 6.22. The molecule has 2 rings (SSSR count). The number of methoxy groups -OCH3 is 1. The first-order valence-electron chi connectivity index (χ1n) is 7.28. The molecule has 112 valence electrons. The Morgan fingerprint density at radius 1 is 1.35 bits per heavy atom. The molecule has 0 atom stereocenters. The summed E-state index contributed by atoms with van der Waals surface area (Å²) in [7, 11) is 3.77. The van der Waals surface area contributed by atoms with Crippen molar-refractivity contribution in [2.75, 3.05) is 33.8 Å². The monoisotopic (exact) mass is 278 g/mol. The van der Waals surface area contributed by atoms with Gasteiger partial charge in [-0.2, -0.15) is 0 Å². The van der Waals surface area contributed by atoms with E-state index in [2.05, 4.69) is 24.2 Å². The number of likely N-dealkylation sites (tertiary alicyclic amines) is 1. The predicted octanol–water partition coefficient (Wildman–Crippen LogP) is 2.22. The number of benzene rings is 1. The molecule has 0 amide bonds. The minimum Gasteiger partial charge on any atom is -0.504 e. The molecule has 0 radical (unpaired) electrons. The zero-order valence-corrected chi connectivity index (χ0v) is 12.8. The Morgan fingerprint density at radius 3 is 2.70 bits per heavy atom. The molecule has 0 unspecified atom stereocenters. The standard InChI is InChI=1S/C16H26N2O2/c1-16(6-8-18(2)9-7-16)12-17-11-13-4-5-14(19)15(10-13)20-3/h4-5,10,17,19H,6-9,11-12H2,1-3H3. The van der Waals surface area contributed by atoms with Gasteiger partial charge in [0.15, 0.2) is 11.5 Å². The maximum atomic E-state index is 9.58. The molecule has 1 saturated heterocycles. The zero-order valence-electron chi connectivity index (χ0n) is 12.8. The highest BCUT2D eigenvalue weighted by atomic mass is 16.5. The second kappa shape index (κ2) is 6.46. The van der Waals surface area contributed by atoms with E-state index in [9.17, 15) is 5.11 Å². The fourth-order valence-corrected chi connectivity index (χ4v) is 2.68. The van der Waals surface area contributed by atoms with E-state index in [1.54, 1.807) is 13.2 Å². The summed E-state index contributed by atoms with van der Waals surface area (Å²) < 4.78 is 5.13. The molecule has 0 bridgehead atoms. The molecule has 4 nitrogen and oxygen atoms in total. The first kappa shape index (κ1) is 15.1. The molecular formula is C16H26N2O2. The van der Waals surface area contributed by atoms with E-state index < -0.39 is 0 Å². The molecule has 0 aromatic heterocycles. The van der Waals surface area contributed by atoms with Gasteiger partial charge in [-0.1, -0.05) is 13.0 Å². The zero-order chi connectivity index (χ0) is 14.6. The summed E-state index contributed by atoms with van der Waals surface area (Å²) in [6.45, 7) is 6.58. The van der Waals surface area contributed by atoms with E-state index in [4.69, 9.17) is 4.74 Å². The van der Waals surface area contributed by atoms with Crippen molar-refractivity contribution >= 4 is 0 Å². The number of phenolic OH excluding ortho intramolecular Hbond substituents is 1. The topological polar surface area (TPSA) is 44.7 Å². The van der Waals surface area contributed by atoms with Crippen molar-refractivity contribution in [3.8, 4) is 11.5 Å². The number of aromatic hydroxyl groups is 1. The summed E-state index contributed by atoms with van der Waals surface area (Å²) in [6.07, 6.45) is 2.49. The summed E-state index contributed by atoms with van der Waals surface area (Å²) in [5.74, 6) is 0.730. The molecule has 0 aliphatic carbocycles. The van der Waals surface area contributed by atoms with Gasteiger partial charge < -0.3 is 20.1 Å². The van der Waals surface area contributed by atoms with Gasteiger partial charge in [-0.3, -0.25) is 0 Å². The Morgan fingerprint density at radius 2 is 2.05 bits per heavy atom. The molecule has 1 aliphatic heterocycles. The van der Waals surface area contributed by atoms with E-state index >= 15 is 0 Å². The van der Waals surface area contributed by atoms with Crippen molar-refractivity contribution in [3.05, 3.63) is 23.8 Å². The highest BCUT2D eigenvalue weighted by molar-refractivity contribution is 5.41. The number of nitrogens with one attached hydrogen (secondary N) is 1. The number of rotatable bonds is 5. The molecule has 1 aliphatic rings. The van der Waals surface area contributed by atoms with E-state index in [-0.39, 0.29) is 5.75 Å². The summed E-state index contributed by atoms with van der Waals surface area (Å²) in [5, 5.41) is 13.1. The van der Waals surface area contributed by atoms with Gasteiger partial charge in [0.2, 0.25) is 0 Å². The Hall–Kier alpha value is -1.26. The third kappa shape index (κ3) is 3.87. The van der Waals surface area contributed by atoms with Crippen molar-refractivity contribution in [3.63, 3.8) is 0 Å². The number of phenols is 1.